The first-order valence-electron chi connectivity index (χ1n) is 6.32. The molecule has 0 atom stereocenters. The van der Waals surface area contributed by atoms with Crippen molar-refractivity contribution in [3.8, 4) is 5.75 Å². The van der Waals surface area contributed by atoms with Gasteiger partial charge in [-0.1, -0.05) is 25.0 Å². The number of para-hydroxylation sites is 1. The Bertz CT molecular complexity index is 550. The van der Waals surface area contributed by atoms with Crippen LogP contribution in [0.25, 0.3) is 0 Å². The number of hydrogen-bond acceptors (Lipinski definition) is 4. The second-order valence-corrected chi connectivity index (χ2v) is 7.17. The topological polar surface area (TPSA) is 77.8 Å². The van der Waals surface area contributed by atoms with Gasteiger partial charge in [-0.15, -0.1) is 0 Å². The number of nitrogens with zero attached hydrogens (tertiary/aromatic N) is 1. The Hall–Kier alpha value is -1.11. The summed E-state index contributed by atoms with van der Waals surface area (Å²) >= 11 is 0. The molecule has 0 heterocycles. The van der Waals surface area contributed by atoms with E-state index >= 15 is 0 Å². The van der Waals surface area contributed by atoms with Crippen LogP contribution in [-0.4, -0.2) is 42.1 Å². The van der Waals surface area contributed by atoms with E-state index in [2.05, 4.69) is 0 Å². The van der Waals surface area contributed by atoms with Crippen molar-refractivity contribution >= 4 is 10.0 Å². The second-order valence-electron chi connectivity index (χ2n) is 5.16. The lowest BCUT2D eigenvalue weighted by atomic mass is 10.0. The van der Waals surface area contributed by atoms with Crippen LogP contribution in [-0.2, 0) is 10.0 Å². The maximum absolute atomic E-state index is 12.3. The fourth-order valence-electron chi connectivity index (χ4n) is 2.53. The smallest absolute Gasteiger partial charge is 0.246 e. The molecule has 0 aliphatic heterocycles. The van der Waals surface area contributed by atoms with Gasteiger partial charge in [0.05, 0.1) is 5.60 Å². The molecular formula is C13H19NO4S. The Morgan fingerprint density at radius 1 is 1.26 bits per heavy atom. The molecule has 0 bridgehead atoms. The van der Waals surface area contributed by atoms with Gasteiger partial charge < -0.3 is 10.2 Å². The summed E-state index contributed by atoms with van der Waals surface area (Å²) in [5.74, 6) is -0.271. The lowest BCUT2D eigenvalue weighted by molar-refractivity contribution is 0.0333. The van der Waals surface area contributed by atoms with Crippen molar-refractivity contribution in [1.29, 1.82) is 0 Å². The van der Waals surface area contributed by atoms with Crippen LogP contribution < -0.4 is 0 Å². The van der Waals surface area contributed by atoms with Crippen LogP contribution in [0.5, 0.6) is 5.75 Å². The summed E-state index contributed by atoms with van der Waals surface area (Å²) < 4.78 is 25.8. The van der Waals surface area contributed by atoms with Crippen LogP contribution in [0.3, 0.4) is 0 Å². The van der Waals surface area contributed by atoms with Gasteiger partial charge in [0.1, 0.15) is 10.6 Å². The monoisotopic (exact) mass is 285 g/mol. The van der Waals surface area contributed by atoms with Crippen LogP contribution in [0.4, 0.5) is 0 Å². The standard InChI is InChI=1S/C13H19NO4S/c1-14(10-13(16)8-4-5-9-13)19(17,18)12-7-3-2-6-11(12)15/h2-3,6-7,15-16H,4-5,8-10H2,1H3. The van der Waals surface area contributed by atoms with E-state index in [9.17, 15) is 18.6 Å². The van der Waals surface area contributed by atoms with Gasteiger partial charge in [0.2, 0.25) is 10.0 Å². The number of sulfonamides is 1. The molecule has 6 heteroatoms. The highest BCUT2D eigenvalue weighted by Crippen LogP contribution is 2.32. The summed E-state index contributed by atoms with van der Waals surface area (Å²) in [4.78, 5) is -0.126. The van der Waals surface area contributed by atoms with E-state index in [1.165, 1.54) is 19.2 Å². The highest BCUT2D eigenvalue weighted by Gasteiger charge is 2.36. The molecular weight excluding hydrogens is 266 g/mol. The van der Waals surface area contributed by atoms with Gasteiger partial charge in [-0.05, 0) is 25.0 Å². The first kappa shape index (κ1) is 14.3. The highest BCUT2D eigenvalue weighted by molar-refractivity contribution is 7.89. The van der Waals surface area contributed by atoms with Crippen molar-refractivity contribution in [1.82, 2.24) is 4.31 Å². The minimum atomic E-state index is -3.77. The number of aliphatic hydroxyl groups is 1. The average Bonchev–Trinajstić information content (AvgIpc) is 2.76. The van der Waals surface area contributed by atoms with Crippen LogP contribution in [0.1, 0.15) is 25.7 Å². The van der Waals surface area contributed by atoms with E-state index in [0.29, 0.717) is 12.8 Å². The van der Waals surface area contributed by atoms with Gasteiger partial charge in [0.15, 0.2) is 0 Å². The molecule has 1 aliphatic carbocycles. The first-order chi connectivity index (χ1) is 8.85. The summed E-state index contributed by atoms with van der Waals surface area (Å²) in [5.41, 5.74) is -0.938. The summed E-state index contributed by atoms with van der Waals surface area (Å²) in [5, 5.41) is 19.9. The first-order valence-corrected chi connectivity index (χ1v) is 7.76. The molecule has 0 unspecified atom stereocenters. The van der Waals surface area contributed by atoms with Crippen molar-refractivity contribution in [2.24, 2.45) is 0 Å². The lowest BCUT2D eigenvalue weighted by Crippen LogP contribution is -2.41. The van der Waals surface area contributed by atoms with Crippen LogP contribution in [0.2, 0.25) is 0 Å². The fourth-order valence-corrected chi connectivity index (χ4v) is 3.86. The van der Waals surface area contributed by atoms with E-state index in [1.54, 1.807) is 12.1 Å². The predicted octanol–water partition coefficient (Wildman–Crippen LogP) is 1.32. The molecule has 2 N–H and O–H groups in total. The van der Waals surface area contributed by atoms with E-state index in [-0.39, 0.29) is 17.2 Å². The summed E-state index contributed by atoms with van der Waals surface area (Å²) in [6.45, 7) is 0.0592. The zero-order valence-corrected chi connectivity index (χ0v) is 11.7. The van der Waals surface area contributed by atoms with Gasteiger partial charge in [-0.25, -0.2) is 8.42 Å². The second kappa shape index (κ2) is 5.11. The van der Waals surface area contributed by atoms with Crippen molar-refractivity contribution < 1.29 is 18.6 Å². The van der Waals surface area contributed by atoms with E-state index in [4.69, 9.17) is 0 Å². The van der Waals surface area contributed by atoms with E-state index in [1.807, 2.05) is 0 Å². The van der Waals surface area contributed by atoms with Gasteiger partial charge in [-0.3, -0.25) is 0 Å². The third-order valence-corrected chi connectivity index (χ3v) is 5.46. The Balaban J connectivity index is 2.22. The quantitative estimate of drug-likeness (QED) is 0.874. The van der Waals surface area contributed by atoms with Crippen LogP contribution >= 0.6 is 0 Å². The zero-order chi connectivity index (χ0) is 14.1. The number of aromatic hydroxyl groups is 1. The molecule has 0 aromatic heterocycles. The normalized spacial score (nSPS) is 18.9. The zero-order valence-electron chi connectivity index (χ0n) is 10.9. The number of hydrogen-bond donors (Lipinski definition) is 2. The Labute approximate surface area is 113 Å². The molecule has 19 heavy (non-hydrogen) atoms. The molecule has 106 valence electrons. The summed E-state index contributed by atoms with van der Waals surface area (Å²) in [6.07, 6.45) is 3.07. The third-order valence-electron chi connectivity index (χ3n) is 3.60. The van der Waals surface area contributed by atoms with Gasteiger partial charge in [0, 0.05) is 13.6 Å². The molecule has 5 nitrogen and oxygen atoms in total. The summed E-state index contributed by atoms with van der Waals surface area (Å²) in [6, 6.07) is 5.83. The van der Waals surface area contributed by atoms with Crippen molar-refractivity contribution in [3.63, 3.8) is 0 Å². The van der Waals surface area contributed by atoms with Crippen LogP contribution in [0, 0.1) is 0 Å². The lowest BCUT2D eigenvalue weighted by Gasteiger charge is -2.28. The third kappa shape index (κ3) is 2.91. The van der Waals surface area contributed by atoms with Crippen LogP contribution in [0.15, 0.2) is 29.2 Å². The molecule has 2 rings (SSSR count). The Morgan fingerprint density at radius 3 is 2.42 bits per heavy atom. The van der Waals surface area contributed by atoms with E-state index in [0.717, 1.165) is 17.1 Å². The number of rotatable bonds is 4. The van der Waals surface area contributed by atoms with Crippen molar-refractivity contribution in [2.45, 2.75) is 36.2 Å². The average molecular weight is 285 g/mol. The Morgan fingerprint density at radius 2 is 1.84 bits per heavy atom. The summed E-state index contributed by atoms with van der Waals surface area (Å²) in [7, 11) is -2.34. The molecule has 0 radical (unpaired) electrons. The minimum absolute atomic E-state index is 0.0592. The molecule has 1 fully saturated rings. The number of likely N-dealkylation sites (N-methyl/N-ethyl adjacent to an activating group) is 1. The molecule has 1 aromatic carbocycles. The predicted molar refractivity (Wildman–Crippen MR) is 71.3 cm³/mol. The minimum Gasteiger partial charge on any atom is -0.507 e. The maximum atomic E-state index is 12.3. The highest BCUT2D eigenvalue weighted by atomic mass is 32.2. The maximum Gasteiger partial charge on any atom is 0.246 e. The fraction of sp³-hybridized carbons (Fsp3) is 0.538. The molecule has 1 aromatic rings. The number of phenolic OH excluding ortho intramolecular Hbond substituents is 1. The molecule has 0 saturated heterocycles. The van der Waals surface area contributed by atoms with Gasteiger partial charge >= 0.3 is 0 Å². The molecule has 0 spiro atoms. The Kier molecular flexibility index (Phi) is 3.85. The largest absolute Gasteiger partial charge is 0.507 e. The SMILES string of the molecule is CN(CC1(O)CCCC1)S(=O)(=O)c1ccccc1O. The van der Waals surface area contributed by atoms with Gasteiger partial charge in [0.25, 0.3) is 0 Å². The number of phenols is 1. The molecule has 0 amide bonds. The molecule has 1 saturated carbocycles. The van der Waals surface area contributed by atoms with Crippen molar-refractivity contribution in [3.05, 3.63) is 24.3 Å². The van der Waals surface area contributed by atoms with Gasteiger partial charge in [-0.2, -0.15) is 4.31 Å². The van der Waals surface area contributed by atoms with E-state index < -0.39 is 15.6 Å². The van der Waals surface area contributed by atoms with Crippen molar-refractivity contribution in [2.75, 3.05) is 13.6 Å². The number of benzene rings is 1. The molecule has 1 aliphatic rings.